The summed E-state index contributed by atoms with van der Waals surface area (Å²) in [6.45, 7) is 2.52. The van der Waals surface area contributed by atoms with E-state index in [0.29, 0.717) is 12.1 Å². The molecule has 0 saturated heterocycles. The number of ether oxygens (including phenoxy) is 1. The second kappa shape index (κ2) is 7.17. The number of aryl methyl sites for hydroxylation is 1. The monoisotopic (exact) mass is 295 g/mol. The number of halogens is 2. The van der Waals surface area contributed by atoms with Gasteiger partial charge >= 0.3 is 6.61 Å². The predicted molar refractivity (Wildman–Crippen MR) is 76.2 cm³/mol. The predicted octanol–water partition coefficient (Wildman–Crippen LogP) is 3.36. The summed E-state index contributed by atoms with van der Waals surface area (Å²) in [7, 11) is 0. The Morgan fingerprint density at radius 2 is 2.05 bits per heavy atom. The molecule has 1 aromatic carbocycles. The van der Waals surface area contributed by atoms with E-state index in [4.69, 9.17) is 0 Å². The van der Waals surface area contributed by atoms with Gasteiger partial charge < -0.3 is 10.1 Å². The van der Waals surface area contributed by atoms with Crippen LogP contribution in [0.3, 0.4) is 0 Å². The summed E-state index contributed by atoms with van der Waals surface area (Å²) in [6, 6.07) is 8.65. The van der Waals surface area contributed by atoms with Crippen LogP contribution < -0.4 is 10.1 Å². The molecule has 2 aromatic rings. The molecule has 0 aliphatic carbocycles. The maximum absolute atomic E-state index is 12.4. The van der Waals surface area contributed by atoms with Crippen molar-refractivity contribution >= 4 is 0 Å². The van der Waals surface area contributed by atoms with Crippen molar-refractivity contribution in [2.24, 2.45) is 0 Å². The molecule has 0 aliphatic rings. The van der Waals surface area contributed by atoms with E-state index in [2.05, 4.69) is 15.2 Å². The largest absolute Gasteiger partial charge is 0.434 e. The first-order valence-electron chi connectivity index (χ1n) is 6.89. The molecule has 1 atom stereocenters. The molecule has 0 fully saturated rings. The summed E-state index contributed by atoms with van der Waals surface area (Å²) in [6.07, 6.45) is 1.75. The highest BCUT2D eigenvalue weighted by Gasteiger charge is 2.14. The Morgan fingerprint density at radius 1 is 1.29 bits per heavy atom. The Morgan fingerprint density at radius 3 is 2.76 bits per heavy atom. The minimum atomic E-state index is -2.82. The van der Waals surface area contributed by atoms with Crippen molar-refractivity contribution in [1.29, 1.82) is 0 Å². The first kappa shape index (κ1) is 15.4. The molecule has 6 heteroatoms. The molecule has 4 nitrogen and oxygen atoms in total. The Hall–Kier alpha value is -1.95. The minimum absolute atomic E-state index is 0.111. The fourth-order valence-corrected chi connectivity index (χ4v) is 2.20. The average molecular weight is 295 g/mol. The van der Waals surface area contributed by atoms with Crippen molar-refractivity contribution in [3.8, 4) is 5.75 Å². The molecule has 0 amide bonds. The van der Waals surface area contributed by atoms with Gasteiger partial charge in [0.05, 0.1) is 5.69 Å². The van der Waals surface area contributed by atoms with E-state index in [1.54, 1.807) is 24.4 Å². The summed E-state index contributed by atoms with van der Waals surface area (Å²) in [5.41, 5.74) is 1.76. The molecule has 1 aromatic heterocycles. The summed E-state index contributed by atoms with van der Waals surface area (Å²) in [5, 5.41) is 7.50. The first-order valence-corrected chi connectivity index (χ1v) is 6.89. The van der Waals surface area contributed by atoms with Crippen LogP contribution in [0.25, 0.3) is 0 Å². The van der Waals surface area contributed by atoms with Gasteiger partial charge in [-0.25, -0.2) is 0 Å². The quantitative estimate of drug-likeness (QED) is 0.851. The number of hydrogen-bond acceptors (Lipinski definition) is 3. The van der Waals surface area contributed by atoms with E-state index >= 15 is 0 Å². The van der Waals surface area contributed by atoms with Crippen molar-refractivity contribution < 1.29 is 13.5 Å². The highest BCUT2D eigenvalue weighted by molar-refractivity contribution is 5.35. The van der Waals surface area contributed by atoms with E-state index in [9.17, 15) is 8.78 Å². The highest BCUT2D eigenvalue weighted by Crippen LogP contribution is 2.26. The molecule has 0 saturated carbocycles. The molecule has 0 bridgehead atoms. The van der Waals surface area contributed by atoms with Crippen molar-refractivity contribution in [2.45, 2.75) is 39.6 Å². The van der Waals surface area contributed by atoms with Gasteiger partial charge in [-0.3, -0.25) is 4.68 Å². The first-order chi connectivity index (χ1) is 10.1. The van der Waals surface area contributed by atoms with E-state index in [0.717, 1.165) is 12.2 Å². The lowest BCUT2D eigenvalue weighted by atomic mass is 10.1. The van der Waals surface area contributed by atoms with Gasteiger partial charge in [-0.05, 0) is 26.0 Å². The zero-order valence-corrected chi connectivity index (χ0v) is 12.1. The van der Waals surface area contributed by atoms with Gasteiger partial charge in [0.1, 0.15) is 5.75 Å². The van der Waals surface area contributed by atoms with E-state index in [1.165, 1.54) is 0 Å². The minimum Gasteiger partial charge on any atom is -0.434 e. The van der Waals surface area contributed by atoms with E-state index in [-0.39, 0.29) is 11.8 Å². The molecule has 0 radical (unpaired) electrons. The van der Waals surface area contributed by atoms with Gasteiger partial charge in [-0.15, -0.1) is 0 Å². The number of hydrogen-bond donors (Lipinski definition) is 1. The molecule has 2 rings (SSSR count). The van der Waals surface area contributed by atoms with Crippen LogP contribution in [0.2, 0.25) is 0 Å². The fourth-order valence-electron chi connectivity index (χ4n) is 2.20. The van der Waals surface area contributed by atoms with Gasteiger partial charge in [-0.2, -0.15) is 13.9 Å². The number of nitrogens with zero attached hydrogens (tertiary/aromatic N) is 2. The van der Waals surface area contributed by atoms with Crippen LogP contribution in [0.15, 0.2) is 36.5 Å². The zero-order chi connectivity index (χ0) is 15.2. The summed E-state index contributed by atoms with van der Waals surface area (Å²) >= 11 is 0. The number of rotatable bonds is 7. The van der Waals surface area contributed by atoms with Crippen LogP contribution in [0.4, 0.5) is 8.78 Å². The normalized spacial score (nSPS) is 12.6. The lowest BCUT2D eigenvalue weighted by molar-refractivity contribution is -0.0506. The Labute approximate surface area is 122 Å². The molecule has 0 spiro atoms. The third-order valence-electron chi connectivity index (χ3n) is 3.29. The fraction of sp³-hybridized carbons (Fsp3) is 0.400. The van der Waals surface area contributed by atoms with Gasteiger partial charge in [0.2, 0.25) is 0 Å². The van der Waals surface area contributed by atoms with Gasteiger partial charge in [0, 0.05) is 30.9 Å². The van der Waals surface area contributed by atoms with Crippen molar-refractivity contribution in [3.63, 3.8) is 0 Å². The van der Waals surface area contributed by atoms with Gasteiger partial charge in [0.25, 0.3) is 0 Å². The summed E-state index contributed by atoms with van der Waals surface area (Å²) < 4.78 is 31.3. The average Bonchev–Trinajstić information content (AvgIpc) is 2.92. The lowest BCUT2D eigenvalue weighted by Gasteiger charge is -2.18. The maximum atomic E-state index is 12.4. The smallest absolute Gasteiger partial charge is 0.387 e. The van der Waals surface area contributed by atoms with E-state index in [1.807, 2.05) is 30.7 Å². The second-order valence-corrected chi connectivity index (χ2v) is 4.66. The molecular weight excluding hydrogens is 276 g/mol. The van der Waals surface area contributed by atoms with Crippen LogP contribution in [-0.2, 0) is 13.1 Å². The molecule has 114 valence electrons. The van der Waals surface area contributed by atoms with Crippen molar-refractivity contribution in [3.05, 3.63) is 47.8 Å². The molecule has 1 unspecified atom stereocenters. The SMILES string of the molecule is CCn1nccc1CNC(C)c1ccccc1OC(F)F. The third-order valence-corrected chi connectivity index (χ3v) is 3.29. The molecule has 1 N–H and O–H groups in total. The highest BCUT2D eigenvalue weighted by atomic mass is 19.3. The molecule has 21 heavy (non-hydrogen) atoms. The lowest BCUT2D eigenvalue weighted by Crippen LogP contribution is -2.21. The number of para-hydroxylation sites is 1. The van der Waals surface area contributed by atoms with Gasteiger partial charge in [0.15, 0.2) is 0 Å². The van der Waals surface area contributed by atoms with Crippen LogP contribution in [0.5, 0.6) is 5.75 Å². The van der Waals surface area contributed by atoms with Crippen molar-refractivity contribution in [2.75, 3.05) is 0 Å². The molecular formula is C15H19F2N3O. The summed E-state index contributed by atoms with van der Waals surface area (Å²) in [5.74, 6) is 0.205. The van der Waals surface area contributed by atoms with Crippen LogP contribution in [-0.4, -0.2) is 16.4 Å². The number of aromatic nitrogens is 2. The maximum Gasteiger partial charge on any atom is 0.387 e. The van der Waals surface area contributed by atoms with Crippen LogP contribution in [0.1, 0.15) is 31.1 Å². The van der Waals surface area contributed by atoms with E-state index < -0.39 is 6.61 Å². The number of alkyl halides is 2. The Balaban J connectivity index is 2.05. The topological polar surface area (TPSA) is 39.1 Å². The Kier molecular flexibility index (Phi) is 5.27. The molecule has 1 heterocycles. The second-order valence-electron chi connectivity index (χ2n) is 4.66. The Bertz CT molecular complexity index is 572. The van der Waals surface area contributed by atoms with Crippen LogP contribution >= 0.6 is 0 Å². The number of benzene rings is 1. The standard InChI is InChI=1S/C15H19F2N3O/c1-3-20-12(8-9-19-20)10-18-11(2)13-6-4-5-7-14(13)21-15(16)17/h4-9,11,15,18H,3,10H2,1-2H3. The zero-order valence-electron chi connectivity index (χ0n) is 12.1. The van der Waals surface area contributed by atoms with Crippen LogP contribution in [0, 0.1) is 0 Å². The third kappa shape index (κ3) is 4.01. The van der Waals surface area contributed by atoms with Crippen molar-refractivity contribution in [1.82, 2.24) is 15.1 Å². The molecule has 0 aliphatic heterocycles. The summed E-state index contributed by atoms with van der Waals surface area (Å²) in [4.78, 5) is 0. The van der Waals surface area contributed by atoms with Gasteiger partial charge in [-0.1, -0.05) is 18.2 Å². The number of nitrogens with one attached hydrogen (secondary N) is 1.